The lowest BCUT2D eigenvalue weighted by Crippen LogP contribution is -2.44. The van der Waals surface area contributed by atoms with Crippen LogP contribution in [0.5, 0.6) is 23.0 Å². The van der Waals surface area contributed by atoms with Crippen molar-refractivity contribution in [2.75, 3.05) is 0 Å². The van der Waals surface area contributed by atoms with E-state index in [0.29, 0.717) is 0 Å². The van der Waals surface area contributed by atoms with Gasteiger partial charge in [0.05, 0.1) is 33.4 Å². The molecule has 0 saturated heterocycles. The van der Waals surface area contributed by atoms with Gasteiger partial charge in [-0.25, -0.2) is 0 Å². The lowest BCUT2D eigenvalue weighted by Gasteiger charge is -2.40. The van der Waals surface area contributed by atoms with Crippen LogP contribution in [0.25, 0.3) is 32.7 Å². The second kappa shape index (κ2) is 9.35. The molecule has 0 fully saturated rings. The van der Waals surface area contributed by atoms with Crippen molar-refractivity contribution in [3.63, 3.8) is 0 Å². The van der Waals surface area contributed by atoms with Gasteiger partial charge in [0.1, 0.15) is 40.2 Å². The van der Waals surface area contributed by atoms with Gasteiger partial charge in [-0.3, -0.25) is 19.2 Å². The summed E-state index contributed by atoms with van der Waals surface area (Å²) in [5, 5.41) is 67.5. The van der Waals surface area contributed by atoms with Gasteiger partial charge in [0.15, 0.2) is 11.6 Å². The smallest absolute Gasteiger partial charge is 0.198 e. The first-order valence-electron chi connectivity index (χ1n) is 14.1. The molecule has 0 heterocycles. The van der Waals surface area contributed by atoms with Crippen molar-refractivity contribution in [2.45, 2.75) is 63.6 Å². The van der Waals surface area contributed by atoms with E-state index in [0.717, 1.165) is 0 Å². The molecular weight excluding hydrogens is 568 g/mol. The minimum atomic E-state index is -2.08. The van der Waals surface area contributed by atoms with E-state index in [-0.39, 0.29) is 55.8 Å². The highest BCUT2D eigenvalue weighted by Gasteiger charge is 2.51. The minimum Gasteiger partial charge on any atom is -0.507 e. The molecule has 4 atom stereocenters. The maximum Gasteiger partial charge on any atom is 0.198 e. The molecule has 0 saturated carbocycles. The Morgan fingerprint density at radius 1 is 0.727 bits per heavy atom. The molecule has 226 valence electrons. The van der Waals surface area contributed by atoms with E-state index < -0.39 is 81.2 Å². The number of phenolic OH excluding ortho intramolecular Hbond substituents is 4. The quantitative estimate of drug-likeness (QED) is 0.196. The highest BCUT2D eigenvalue weighted by atomic mass is 16.3. The fraction of sp³-hybridized carbons (Fsp3) is 0.294. The van der Waals surface area contributed by atoms with E-state index in [2.05, 4.69) is 0 Å². The standard InChI is InChI=1S/C34H30O10/c1-13(35)17-11-34(4,44)32(42)28-25(17)23(15-7-5-10-19(38)22(15)31(28)41)24-16-8-6-9-18(37)21(16)30(40)26-20(39)12-33(3,43)29(14(2)36)27(24)26/h5-10,17,29,37-38,40-41,43-44H,11-12H2,1-4H3. The number of hydrogen-bond donors (Lipinski definition) is 6. The first-order valence-corrected chi connectivity index (χ1v) is 14.1. The van der Waals surface area contributed by atoms with E-state index in [9.17, 15) is 49.8 Å². The van der Waals surface area contributed by atoms with E-state index in [1.54, 1.807) is 0 Å². The molecule has 4 aromatic carbocycles. The number of hydrogen-bond acceptors (Lipinski definition) is 10. The number of carbonyl (C=O) groups is 4. The van der Waals surface area contributed by atoms with Crippen molar-refractivity contribution in [1.29, 1.82) is 0 Å². The summed E-state index contributed by atoms with van der Waals surface area (Å²) in [6.07, 6.45) is -0.885. The molecule has 10 heteroatoms. The predicted octanol–water partition coefficient (Wildman–Crippen LogP) is 4.50. The highest BCUT2D eigenvalue weighted by Crippen LogP contribution is 2.58. The summed E-state index contributed by atoms with van der Waals surface area (Å²) < 4.78 is 0. The average molecular weight is 599 g/mol. The number of aromatic hydroxyl groups is 4. The first-order chi connectivity index (χ1) is 20.5. The lowest BCUT2D eigenvalue weighted by atomic mass is 9.64. The van der Waals surface area contributed by atoms with Gasteiger partial charge < -0.3 is 30.6 Å². The van der Waals surface area contributed by atoms with Crippen LogP contribution in [0.2, 0.25) is 0 Å². The molecule has 4 aromatic rings. The van der Waals surface area contributed by atoms with Gasteiger partial charge >= 0.3 is 0 Å². The third-order valence-corrected chi connectivity index (χ3v) is 9.17. The fourth-order valence-corrected chi connectivity index (χ4v) is 7.40. The molecule has 10 nitrogen and oxygen atoms in total. The zero-order valence-corrected chi connectivity index (χ0v) is 24.3. The topological polar surface area (TPSA) is 190 Å². The maximum atomic E-state index is 13.8. The Bertz CT molecular complexity index is 2020. The Labute approximate surface area is 250 Å². The van der Waals surface area contributed by atoms with Crippen LogP contribution in [0.1, 0.15) is 84.2 Å². The fourth-order valence-electron chi connectivity index (χ4n) is 7.40. The van der Waals surface area contributed by atoms with E-state index in [4.69, 9.17) is 0 Å². The molecule has 0 aromatic heterocycles. The average Bonchev–Trinajstić information content (AvgIpc) is 2.90. The van der Waals surface area contributed by atoms with E-state index >= 15 is 0 Å². The molecular formula is C34H30O10. The van der Waals surface area contributed by atoms with Crippen LogP contribution in [0.4, 0.5) is 0 Å². The van der Waals surface area contributed by atoms with Crippen LogP contribution < -0.4 is 0 Å². The summed E-state index contributed by atoms with van der Waals surface area (Å²) in [5.74, 6) is -7.34. The zero-order chi connectivity index (χ0) is 32.2. The second-order valence-corrected chi connectivity index (χ2v) is 12.4. The SMILES string of the molecule is CC(=O)C1CC(C)(O)C(=O)c2c1c(-c1c3c(c(O)c4c(O)cccc14)C(=O)CC(C)(O)C3C(C)=O)c1cccc(O)c1c2O. The number of rotatable bonds is 3. The van der Waals surface area contributed by atoms with Gasteiger partial charge in [0.25, 0.3) is 0 Å². The van der Waals surface area contributed by atoms with Crippen molar-refractivity contribution in [3.8, 4) is 34.1 Å². The largest absolute Gasteiger partial charge is 0.507 e. The Balaban J connectivity index is 2.00. The molecule has 4 unspecified atom stereocenters. The summed E-state index contributed by atoms with van der Waals surface area (Å²) in [6.45, 7) is 5.03. The third kappa shape index (κ3) is 3.80. The molecule has 6 N–H and O–H groups in total. The molecule has 2 aliphatic rings. The first kappa shape index (κ1) is 29.3. The van der Waals surface area contributed by atoms with Gasteiger partial charge in [-0.05, 0) is 79.3 Å². The number of ketones is 4. The van der Waals surface area contributed by atoms with Crippen molar-refractivity contribution in [1.82, 2.24) is 0 Å². The Kier molecular flexibility index (Phi) is 6.22. The van der Waals surface area contributed by atoms with Crippen LogP contribution in [-0.2, 0) is 9.59 Å². The van der Waals surface area contributed by atoms with Crippen LogP contribution in [0, 0.1) is 0 Å². The minimum absolute atomic E-state index is 0.0119. The molecule has 0 amide bonds. The van der Waals surface area contributed by atoms with Crippen LogP contribution in [-0.4, -0.2) is 65.0 Å². The maximum absolute atomic E-state index is 13.8. The van der Waals surface area contributed by atoms with Gasteiger partial charge in [0, 0.05) is 12.3 Å². The van der Waals surface area contributed by atoms with E-state index in [1.807, 2.05) is 0 Å². The number of phenols is 4. The Hall–Kier alpha value is -4.80. The van der Waals surface area contributed by atoms with Crippen LogP contribution >= 0.6 is 0 Å². The van der Waals surface area contributed by atoms with Crippen LogP contribution in [0.15, 0.2) is 36.4 Å². The number of aliphatic hydroxyl groups is 2. The molecule has 44 heavy (non-hydrogen) atoms. The van der Waals surface area contributed by atoms with Crippen molar-refractivity contribution < 1.29 is 49.8 Å². The number of fused-ring (bicyclic) bond motifs is 4. The van der Waals surface area contributed by atoms with Gasteiger partial charge in [-0.2, -0.15) is 0 Å². The van der Waals surface area contributed by atoms with Gasteiger partial charge in [-0.15, -0.1) is 0 Å². The summed E-state index contributed by atoms with van der Waals surface area (Å²) in [6, 6.07) is 8.51. The molecule has 0 aliphatic heterocycles. The number of Topliss-reactive ketones (excluding diaryl/α,β-unsaturated/α-hetero) is 4. The predicted molar refractivity (Wildman–Crippen MR) is 160 cm³/mol. The number of benzene rings is 4. The number of carbonyl (C=O) groups excluding carboxylic acids is 4. The summed E-state index contributed by atoms with van der Waals surface area (Å²) in [4.78, 5) is 54.1. The molecule has 2 aliphatic carbocycles. The summed E-state index contributed by atoms with van der Waals surface area (Å²) in [7, 11) is 0. The summed E-state index contributed by atoms with van der Waals surface area (Å²) in [5.41, 5.74) is -4.72. The van der Waals surface area contributed by atoms with Crippen molar-refractivity contribution >= 4 is 44.7 Å². The van der Waals surface area contributed by atoms with Crippen LogP contribution in [0.3, 0.4) is 0 Å². The van der Waals surface area contributed by atoms with Crippen molar-refractivity contribution in [2.24, 2.45) is 0 Å². The molecule has 0 radical (unpaired) electrons. The second-order valence-electron chi connectivity index (χ2n) is 12.4. The zero-order valence-electron chi connectivity index (χ0n) is 24.3. The molecule has 6 rings (SSSR count). The van der Waals surface area contributed by atoms with Crippen molar-refractivity contribution in [3.05, 3.63) is 58.7 Å². The lowest BCUT2D eigenvalue weighted by molar-refractivity contribution is -0.124. The van der Waals surface area contributed by atoms with Gasteiger partial charge in [0.2, 0.25) is 0 Å². The Morgan fingerprint density at radius 2 is 1.23 bits per heavy atom. The summed E-state index contributed by atoms with van der Waals surface area (Å²) >= 11 is 0. The highest BCUT2D eigenvalue weighted by molar-refractivity contribution is 6.23. The third-order valence-electron chi connectivity index (χ3n) is 9.17. The molecule has 0 bridgehead atoms. The normalized spacial score (nSPS) is 24.8. The molecule has 0 spiro atoms. The monoisotopic (exact) mass is 598 g/mol. The van der Waals surface area contributed by atoms with Gasteiger partial charge in [-0.1, -0.05) is 24.3 Å². The van der Waals surface area contributed by atoms with E-state index in [1.165, 1.54) is 64.1 Å². The Morgan fingerprint density at radius 3 is 1.73 bits per heavy atom.